The molecule has 0 fully saturated rings. The number of halogens is 1. The predicted octanol–water partition coefficient (Wildman–Crippen LogP) is 1.43. The molecule has 0 aliphatic rings. The molecule has 1 aromatic rings. The minimum atomic E-state index is -0.426. The van der Waals surface area contributed by atoms with E-state index in [2.05, 4.69) is 4.98 Å². The van der Waals surface area contributed by atoms with Gasteiger partial charge in [-0.3, -0.25) is 9.78 Å². The zero-order valence-corrected chi connectivity index (χ0v) is 6.04. The third-order valence-electron chi connectivity index (χ3n) is 1.40. The number of hydrogen-bond donors (Lipinski definition) is 0. The lowest BCUT2D eigenvalue weighted by Crippen LogP contribution is -1.95. The van der Waals surface area contributed by atoms with Crippen molar-refractivity contribution in [3.05, 3.63) is 29.8 Å². The summed E-state index contributed by atoms with van der Waals surface area (Å²) in [6.45, 7) is 1.64. The Bertz CT molecular complexity index is 262. The molecule has 0 saturated carbocycles. The van der Waals surface area contributed by atoms with Crippen molar-refractivity contribution < 1.29 is 9.18 Å². The van der Waals surface area contributed by atoms with Gasteiger partial charge in [0.25, 0.3) is 0 Å². The lowest BCUT2D eigenvalue weighted by atomic mass is 10.1. The molecule has 11 heavy (non-hydrogen) atoms. The fourth-order valence-corrected chi connectivity index (χ4v) is 0.733. The summed E-state index contributed by atoms with van der Waals surface area (Å²) in [5, 5.41) is 0. The van der Waals surface area contributed by atoms with Crippen LogP contribution in [0.2, 0.25) is 0 Å². The van der Waals surface area contributed by atoms with Gasteiger partial charge in [0.05, 0.1) is 6.20 Å². The molecule has 1 unspecified atom stereocenters. The van der Waals surface area contributed by atoms with E-state index in [-0.39, 0.29) is 0 Å². The molecule has 0 aliphatic heterocycles. The van der Waals surface area contributed by atoms with Gasteiger partial charge in [-0.15, -0.1) is 0 Å². The summed E-state index contributed by atoms with van der Waals surface area (Å²) in [6.07, 6.45) is 4.31. The van der Waals surface area contributed by atoms with Gasteiger partial charge in [-0.05, 0) is 11.6 Å². The maximum Gasteiger partial charge on any atom is 0.206 e. The normalized spacial score (nSPS) is 12.5. The van der Waals surface area contributed by atoms with Gasteiger partial charge in [0.15, 0.2) is 0 Å². The number of aromatic nitrogens is 1. The average Bonchev–Trinajstić information content (AvgIpc) is 2.03. The molecule has 0 spiro atoms. The van der Waals surface area contributed by atoms with Gasteiger partial charge in [0.1, 0.15) is 5.82 Å². The number of hydrogen-bond acceptors (Lipinski definition) is 2. The van der Waals surface area contributed by atoms with Crippen LogP contribution in [-0.4, -0.2) is 11.3 Å². The third-order valence-corrected chi connectivity index (χ3v) is 1.40. The summed E-state index contributed by atoms with van der Waals surface area (Å²) >= 11 is 0. The van der Waals surface area contributed by atoms with Gasteiger partial charge < -0.3 is 0 Å². The van der Waals surface area contributed by atoms with Crippen molar-refractivity contribution in [3.8, 4) is 0 Å². The Morgan fingerprint density at radius 2 is 2.36 bits per heavy atom. The molecule has 3 heteroatoms. The zero-order chi connectivity index (χ0) is 8.27. The van der Waals surface area contributed by atoms with Crippen LogP contribution in [0.3, 0.4) is 0 Å². The fourth-order valence-electron chi connectivity index (χ4n) is 0.733. The van der Waals surface area contributed by atoms with Gasteiger partial charge in [0, 0.05) is 12.1 Å². The van der Waals surface area contributed by atoms with Crippen LogP contribution in [0.5, 0.6) is 0 Å². The SMILES string of the molecule is CC([C]=O)c1cncc(F)c1. The van der Waals surface area contributed by atoms with Crippen LogP contribution in [0.1, 0.15) is 18.4 Å². The monoisotopic (exact) mass is 152 g/mol. The van der Waals surface area contributed by atoms with Gasteiger partial charge in [0.2, 0.25) is 6.29 Å². The van der Waals surface area contributed by atoms with E-state index in [9.17, 15) is 9.18 Å². The van der Waals surface area contributed by atoms with E-state index in [0.717, 1.165) is 6.20 Å². The molecule has 1 heterocycles. The average molecular weight is 152 g/mol. The first-order chi connectivity index (χ1) is 5.24. The van der Waals surface area contributed by atoms with E-state index in [0.29, 0.717) is 5.56 Å². The minimum Gasteiger partial charge on any atom is -0.290 e. The summed E-state index contributed by atoms with van der Waals surface area (Å²) in [5.41, 5.74) is 0.556. The summed E-state index contributed by atoms with van der Waals surface area (Å²) < 4.78 is 12.5. The molecular weight excluding hydrogens is 145 g/mol. The smallest absolute Gasteiger partial charge is 0.206 e. The Hall–Kier alpha value is -1.25. The second kappa shape index (κ2) is 3.23. The Labute approximate surface area is 64.1 Å². The van der Waals surface area contributed by atoms with Crippen molar-refractivity contribution in [2.45, 2.75) is 12.8 Å². The van der Waals surface area contributed by atoms with Crippen molar-refractivity contribution in [1.82, 2.24) is 4.98 Å². The predicted molar refractivity (Wildman–Crippen MR) is 38.3 cm³/mol. The molecular formula is C8H7FNO. The molecule has 2 nitrogen and oxygen atoms in total. The topological polar surface area (TPSA) is 30.0 Å². The summed E-state index contributed by atoms with van der Waals surface area (Å²) in [7, 11) is 0. The quantitative estimate of drug-likeness (QED) is 0.641. The minimum absolute atomic E-state index is 0.404. The number of rotatable bonds is 2. The first-order valence-electron chi connectivity index (χ1n) is 3.22. The zero-order valence-electron chi connectivity index (χ0n) is 6.04. The van der Waals surface area contributed by atoms with E-state index in [1.54, 1.807) is 13.2 Å². The molecule has 0 saturated heterocycles. The molecule has 0 bridgehead atoms. The van der Waals surface area contributed by atoms with E-state index in [1.807, 2.05) is 0 Å². The Kier molecular flexibility index (Phi) is 2.31. The fraction of sp³-hybridized carbons (Fsp3) is 0.250. The highest BCUT2D eigenvalue weighted by atomic mass is 19.1. The van der Waals surface area contributed by atoms with E-state index < -0.39 is 11.7 Å². The molecule has 0 aromatic carbocycles. The molecule has 0 amide bonds. The van der Waals surface area contributed by atoms with Crippen molar-refractivity contribution in [2.75, 3.05) is 0 Å². The summed E-state index contributed by atoms with van der Waals surface area (Å²) in [5.74, 6) is -0.831. The molecule has 57 valence electrons. The number of carbonyl (C=O) groups excluding carboxylic acids is 1. The lowest BCUT2D eigenvalue weighted by molar-refractivity contribution is 0.545. The summed E-state index contributed by atoms with van der Waals surface area (Å²) in [6, 6.07) is 1.28. The van der Waals surface area contributed by atoms with Gasteiger partial charge in [-0.1, -0.05) is 6.92 Å². The molecule has 0 aliphatic carbocycles. The highest BCUT2D eigenvalue weighted by Gasteiger charge is 2.04. The maximum atomic E-state index is 12.5. The van der Waals surface area contributed by atoms with Crippen LogP contribution < -0.4 is 0 Å². The van der Waals surface area contributed by atoms with Crippen LogP contribution in [0, 0.1) is 5.82 Å². The van der Waals surface area contributed by atoms with Crippen LogP contribution in [-0.2, 0) is 4.79 Å². The van der Waals surface area contributed by atoms with Crippen molar-refractivity contribution in [3.63, 3.8) is 0 Å². The first kappa shape index (κ1) is 7.85. The lowest BCUT2D eigenvalue weighted by Gasteiger charge is -2.00. The van der Waals surface area contributed by atoms with Gasteiger partial charge >= 0.3 is 0 Å². The Morgan fingerprint density at radius 1 is 1.64 bits per heavy atom. The molecule has 1 atom stereocenters. The second-order valence-electron chi connectivity index (χ2n) is 2.28. The molecule has 1 aromatic heterocycles. The highest BCUT2D eigenvalue weighted by molar-refractivity contribution is 5.61. The van der Waals surface area contributed by atoms with Crippen molar-refractivity contribution in [2.24, 2.45) is 0 Å². The Morgan fingerprint density at radius 3 is 2.91 bits per heavy atom. The third kappa shape index (κ3) is 1.83. The Balaban J connectivity index is 2.95. The molecule has 1 rings (SSSR count). The van der Waals surface area contributed by atoms with Crippen molar-refractivity contribution >= 4 is 6.29 Å². The van der Waals surface area contributed by atoms with E-state index in [4.69, 9.17) is 0 Å². The standard InChI is InChI=1S/C8H7FNO/c1-6(5-11)7-2-8(9)4-10-3-7/h2-4,6H,1H3. The van der Waals surface area contributed by atoms with Crippen LogP contribution in [0.4, 0.5) is 4.39 Å². The van der Waals surface area contributed by atoms with Crippen molar-refractivity contribution in [1.29, 1.82) is 0 Å². The van der Waals surface area contributed by atoms with Gasteiger partial charge in [-0.25, -0.2) is 4.39 Å². The largest absolute Gasteiger partial charge is 0.290 e. The second-order valence-corrected chi connectivity index (χ2v) is 2.28. The van der Waals surface area contributed by atoms with E-state index >= 15 is 0 Å². The first-order valence-corrected chi connectivity index (χ1v) is 3.22. The van der Waals surface area contributed by atoms with Crippen LogP contribution >= 0.6 is 0 Å². The highest BCUT2D eigenvalue weighted by Crippen LogP contribution is 2.11. The maximum absolute atomic E-state index is 12.5. The number of nitrogens with zero attached hydrogens (tertiary/aromatic N) is 1. The van der Waals surface area contributed by atoms with Crippen LogP contribution in [0.25, 0.3) is 0 Å². The number of pyridine rings is 1. The summed E-state index contributed by atoms with van der Waals surface area (Å²) in [4.78, 5) is 13.7. The van der Waals surface area contributed by atoms with E-state index in [1.165, 1.54) is 12.3 Å². The van der Waals surface area contributed by atoms with Crippen LogP contribution in [0.15, 0.2) is 18.5 Å². The molecule has 1 radical (unpaired) electrons. The van der Waals surface area contributed by atoms with Gasteiger partial charge in [-0.2, -0.15) is 0 Å². The molecule has 0 N–H and O–H groups in total.